The Hall–Kier alpha value is -3.56. The van der Waals surface area contributed by atoms with Gasteiger partial charge in [-0.2, -0.15) is 0 Å². The summed E-state index contributed by atoms with van der Waals surface area (Å²) in [5.74, 6) is 0. The summed E-state index contributed by atoms with van der Waals surface area (Å²) in [6.45, 7) is 0. The van der Waals surface area contributed by atoms with E-state index in [4.69, 9.17) is 5.73 Å². The summed E-state index contributed by atoms with van der Waals surface area (Å²) >= 11 is 0. The molecular formula is C12H10N4O6. The third-order valence-corrected chi connectivity index (χ3v) is 2.38. The van der Waals surface area contributed by atoms with Gasteiger partial charge >= 0.3 is 0 Å². The average molecular weight is 306 g/mol. The van der Waals surface area contributed by atoms with Crippen LogP contribution >= 0.6 is 0 Å². The number of nitro groups is 3. The van der Waals surface area contributed by atoms with Gasteiger partial charge in [-0.05, 0) is 12.1 Å². The molecule has 2 rings (SSSR count). The Labute approximate surface area is 123 Å². The molecule has 0 bridgehead atoms. The zero-order valence-corrected chi connectivity index (χ0v) is 11.0. The van der Waals surface area contributed by atoms with Crippen molar-refractivity contribution in [3.63, 3.8) is 0 Å². The highest BCUT2D eigenvalue weighted by atomic mass is 16.6. The quantitative estimate of drug-likeness (QED) is 0.518. The Kier molecular flexibility index (Phi) is 5.46. The van der Waals surface area contributed by atoms with Gasteiger partial charge in [0.25, 0.3) is 17.1 Å². The summed E-state index contributed by atoms with van der Waals surface area (Å²) in [4.78, 5) is 28.6. The molecule has 22 heavy (non-hydrogen) atoms. The average Bonchev–Trinajstić information content (AvgIpc) is 2.48. The predicted octanol–water partition coefficient (Wildman–Crippen LogP) is 2.68. The fourth-order valence-electron chi connectivity index (χ4n) is 1.29. The molecule has 0 aromatic heterocycles. The standard InChI is InChI=1S/C6H4N2O4.C6H6N2O2/c9-7(10)5-1-2-6(4-3-5)8(11)12;7-5-1-3-6(4-2-5)8(9)10/h1-4H;1-4H,7H2. The van der Waals surface area contributed by atoms with Gasteiger partial charge in [-0.1, -0.05) is 0 Å². The molecule has 0 aliphatic carbocycles. The highest BCUT2D eigenvalue weighted by Gasteiger charge is 2.08. The summed E-state index contributed by atoms with van der Waals surface area (Å²) in [6.07, 6.45) is 0. The molecule has 0 amide bonds. The van der Waals surface area contributed by atoms with Crippen molar-refractivity contribution in [1.29, 1.82) is 0 Å². The lowest BCUT2D eigenvalue weighted by molar-refractivity contribution is -0.389. The van der Waals surface area contributed by atoms with Crippen LogP contribution in [-0.4, -0.2) is 14.8 Å². The molecular weight excluding hydrogens is 296 g/mol. The highest BCUT2D eigenvalue weighted by Crippen LogP contribution is 2.16. The first-order valence-electron chi connectivity index (χ1n) is 5.70. The smallest absolute Gasteiger partial charge is 0.269 e. The second-order valence-electron chi connectivity index (χ2n) is 3.88. The lowest BCUT2D eigenvalue weighted by Gasteiger charge is -1.90. The van der Waals surface area contributed by atoms with Gasteiger partial charge in [-0.3, -0.25) is 30.3 Å². The fourth-order valence-corrected chi connectivity index (χ4v) is 1.29. The predicted molar refractivity (Wildman–Crippen MR) is 77.3 cm³/mol. The van der Waals surface area contributed by atoms with Crippen molar-refractivity contribution >= 4 is 22.7 Å². The minimum absolute atomic E-state index is 0.0641. The third-order valence-electron chi connectivity index (χ3n) is 2.38. The molecule has 0 aliphatic heterocycles. The van der Waals surface area contributed by atoms with Gasteiger partial charge in [0.2, 0.25) is 0 Å². The van der Waals surface area contributed by atoms with Gasteiger partial charge in [0.1, 0.15) is 0 Å². The lowest BCUT2D eigenvalue weighted by atomic mass is 10.3. The Morgan fingerprint density at radius 1 is 0.591 bits per heavy atom. The molecule has 0 saturated heterocycles. The van der Waals surface area contributed by atoms with Crippen molar-refractivity contribution in [2.75, 3.05) is 5.73 Å². The number of hydrogen-bond acceptors (Lipinski definition) is 7. The maximum Gasteiger partial charge on any atom is 0.269 e. The van der Waals surface area contributed by atoms with E-state index in [1.165, 1.54) is 24.3 Å². The van der Waals surface area contributed by atoms with Crippen molar-refractivity contribution in [2.24, 2.45) is 0 Å². The number of hydrogen-bond donors (Lipinski definition) is 1. The van der Waals surface area contributed by atoms with Crippen LogP contribution in [0.3, 0.4) is 0 Å². The molecule has 0 heterocycles. The molecule has 0 radical (unpaired) electrons. The van der Waals surface area contributed by atoms with Crippen LogP contribution in [0.15, 0.2) is 48.5 Å². The first-order valence-corrected chi connectivity index (χ1v) is 5.70. The van der Waals surface area contributed by atoms with Crippen molar-refractivity contribution in [3.8, 4) is 0 Å². The number of nitro benzene ring substituents is 3. The summed E-state index contributed by atoms with van der Waals surface area (Å²) in [7, 11) is 0. The molecule has 10 heteroatoms. The van der Waals surface area contributed by atoms with Gasteiger partial charge in [0.15, 0.2) is 0 Å². The molecule has 0 saturated carbocycles. The van der Waals surface area contributed by atoms with Crippen molar-refractivity contribution in [3.05, 3.63) is 78.9 Å². The SMILES string of the molecule is Nc1ccc([N+](=O)[O-])cc1.O=[N+]([O-])c1ccc([N+](=O)[O-])cc1. The monoisotopic (exact) mass is 306 g/mol. The van der Waals surface area contributed by atoms with Crippen LogP contribution in [0.5, 0.6) is 0 Å². The van der Waals surface area contributed by atoms with Crippen LogP contribution < -0.4 is 5.73 Å². The van der Waals surface area contributed by atoms with E-state index in [9.17, 15) is 30.3 Å². The third kappa shape index (κ3) is 4.85. The minimum Gasteiger partial charge on any atom is -0.399 e. The van der Waals surface area contributed by atoms with Crippen LogP contribution in [0.4, 0.5) is 22.7 Å². The van der Waals surface area contributed by atoms with E-state index in [1.54, 1.807) is 0 Å². The largest absolute Gasteiger partial charge is 0.399 e. The number of anilines is 1. The fraction of sp³-hybridized carbons (Fsp3) is 0. The number of non-ortho nitro benzene ring substituents is 3. The van der Waals surface area contributed by atoms with Crippen molar-refractivity contribution in [2.45, 2.75) is 0 Å². The zero-order valence-electron chi connectivity index (χ0n) is 11.0. The molecule has 2 N–H and O–H groups in total. The van der Waals surface area contributed by atoms with E-state index in [1.807, 2.05) is 0 Å². The molecule has 2 aromatic carbocycles. The molecule has 0 atom stereocenters. The van der Waals surface area contributed by atoms with E-state index in [2.05, 4.69) is 0 Å². The van der Waals surface area contributed by atoms with Gasteiger partial charge in [-0.25, -0.2) is 0 Å². The molecule has 10 nitrogen and oxygen atoms in total. The van der Waals surface area contributed by atoms with Gasteiger partial charge in [0.05, 0.1) is 14.8 Å². The first kappa shape index (κ1) is 16.5. The number of nitrogen functional groups attached to an aromatic ring is 1. The molecule has 2 aromatic rings. The second-order valence-corrected chi connectivity index (χ2v) is 3.88. The number of nitrogens with zero attached hydrogens (tertiary/aromatic N) is 3. The summed E-state index contributed by atoms with van der Waals surface area (Å²) in [5.41, 5.74) is 5.60. The van der Waals surface area contributed by atoms with E-state index >= 15 is 0 Å². The van der Waals surface area contributed by atoms with Crippen LogP contribution in [-0.2, 0) is 0 Å². The Morgan fingerprint density at radius 3 is 1.05 bits per heavy atom. The van der Waals surface area contributed by atoms with Crippen LogP contribution in [0, 0.1) is 30.3 Å². The van der Waals surface area contributed by atoms with Crippen LogP contribution in [0.1, 0.15) is 0 Å². The molecule has 0 aliphatic rings. The topological polar surface area (TPSA) is 155 Å². The Balaban J connectivity index is 0.000000224. The first-order chi connectivity index (χ1) is 10.3. The summed E-state index contributed by atoms with van der Waals surface area (Å²) in [5, 5.41) is 30.3. The van der Waals surface area contributed by atoms with Crippen LogP contribution in [0.2, 0.25) is 0 Å². The van der Waals surface area contributed by atoms with E-state index in [0.29, 0.717) is 5.69 Å². The normalized spacial score (nSPS) is 9.27. The molecule has 0 fully saturated rings. The number of benzene rings is 2. The highest BCUT2D eigenvalue weighted by molar-refractivity contribution is 5.44. The number of rotatable bonds is 3. The molecule has 114 valence electrons. The van der Waals surface area contributed by atoms with Crippen LogP contribution in [0.25, 0.3) is 0 Å². The van der Waals surface area contributed by atoms with E-state index in [-0.39, 0.29) is 17.1 Å². The van der Waals surface area contributed by atoms with Gasteiger partial charge in [-0.15, -0.1) is 0 Å². The summed E-state index contributed by atoms with van der Waals surface area (Å²) < 4.78 is 0. The summed E-state index contributed by atoms with van der Waals surface area (Å²) in [6, 6.07) is 10.1. The van der Waals surface area contributed by atoms with E-state index < -0.39 is 14.8 Å². The van der Waals surface area contributed by atoms with E-state index in [0.717, 1.165) is 24.3 Å². The van der Waals surface area contributed by atoms with Crippen molar-refractivity contribution < 1.29 is 14.8 Å². The Bertz CT molecular complexity index is 651. The minimum atomic E-state index is -0.607. The second kappa shape index (κ2) is 7.28. The molecule has 0 unspecified atom stereocenters. The number of nitrogens with two attached hydrogens (primary N) is 1. The van der Waals surface area contributed by atoms with Gasteiger partial charge in [0, 0.05) is 42.1 Å². The maximum absolute atomic E-state index is 10.1. The Morgan fingerprint density at radius 2 is 0.818 bits per heavy atom. The lowest BCUT2D eigenvalue weighted by Crippen LogP contribution is -1.90. The molecule has 0 spiro atoms. The zero-order chi connectivity index (χ0) is 16.7. The van der Waals surface area contributed by atoms with Gasteiger partial charge < -0.3 is 5.73 Å². The van der Waals surface area contributed by atoms with Crippen molar-refractivity contribution in [1.82, 2.24) is 0 Å². The maximum atomic E-state index is 10.1.